The van der Waals surface area contributed by atoms with Gasteiger partial charge in [-0.05, 0) is 79.1 Å². The maximum absolute atomic E-state index is 10.2. The summed E-state index contributed by atoms with van der Waals surface area (Å²) in [5.74, 6) is 1.88. The Balaban J connectivity index is 1.72. The van der Waals surface area contributed by atoms with Crippen molar-refractivity contribution in [3.63, 3.8) is 0 Å². The van der Waals surface area contributed by atoms with E-state index in [1.54, 1.807) is 12.3 Å². The Morgan fingerprint density at radius 1 is 1.00 bits per heavy atom. The van der Waals surface area contributed by atoms with Crippen LogP contribution in [0, 0.1) is 5.41 Å². The van der Waals surface area contributed by atoms with Gasteiger partial charge in [0.15, 0.2) is 6.10 Å². The molecule has 5 heteroatoms. The van der Waals surface area contributed by atoms with Gasteiger partial charge in [-0.3, -0.25) is 0 Å². The number of H-pyrrole nitrogens is 1. The largest absolute Gasteiger partial charge is 0.508 e. The van der Waals surface area contributed by atoms with Crippen molar-refractivity contribution >= 4 is 10.9 Å². The average molecular weight is 499 g/mol. The quantitative estimate of drug-likeness (QED) is 0.167. The van der Waals surface area contributed by atoms with Crippen molar-refractivity contribution in [2.45, 2.75) is 46.1 Å². The second-order valence-electron chi connectivity index (χ2n) is 9.84. The average Bonchev–Trinajstić information content (AvgIpc) is 3.28. The van der Waals surface area contributed by atoms with Gasteiger partial charge in [0.1, 0.15) is 17.2 Å². The first kappa shape index (κ1) is 26.2. The normalized spacial score (nSPS) is 12.3. The zero-order chi connectivity index (χ0) is 26.3. The van der Waals surface area contributed by atoms with Gasteiger partial charge in [-0.1, -0.05) is 57.7 Å². The predicted molar refractivity (Wildman–Crippen MR) is 151 cm³/mol. The summed E-state index contributed by atoms with van der Waals surface area (Å²) in [4.78, 5) is 3.59. The molecule has 3 N–H and O–H groups in total. The molecule has 0 saturated carbocycles. The molecular formula is C32H38N2O3. The number of nitrogens with one attached hydrogen (secondary N) is 2. The second-order valence-corrected chi connectivity index (χ2v) is 9.84. The van der Waals surface area contributed by atoms with Crippen LogP contribution in [-0.2, 0) is 6.42 Å². The molecule has 0 fully saturated rings. The van der Waals surface area contributed by atoms with E-state index >= 15 is 0 Å². The summed E-state index contributed by atoms with van der Waals surface area (Å²) in [6, 6.07) is 23.5. The van der Waals surface area contributed by atoms with Crippen LogP contribution in [0.2, 0.25) is 0 Å². The molecule has 0 aliphatic heterocycles. The highest BCUT2D eigenvalue weighted by Gasteiger charge is 2.25. The van der Waals surface area contributed by atoms with Crippen LogP contribution in [0.3, 0.4) is 0 Å². The van der Waals surface area contributed by atoms with Gasteiger partial charge in [-0.15, -0.1) is 0 Å². The molecule has 37 heavy (non-hydrogen) atoms. The van der Waals surface area contributed by atoms with Crippen LogP contribution in [0.1, 0.15) is 56.5 Å². The molecule has 0 radical (unpaired) electrons. The van der Waals surface area contributed by atoms with E-state index in [9.17, 15) is 5.11 Å². The summed E-state index contributed by atoms with van der Waals surface area (Å²) < 4.78 is 12.8. The summed E-state index contributed by atoms with van der Waals surface area (Å²) in [5, 5.41) is 14.4. The zero-order valence-corrected chi connectivity index (χ0v) is 22.1. The fourth-order valence-corrected chi connectivity index (χ4v) is 4.43. The van der Waals surface area contributed by atoms with Gasteiger partial charge in [0.05, 0.1) is 12.3 Å². The maximum Gasteiger partial charge on any atom is 0.164 e. The van der Waals surface area contributed by atoms with Crippen molar-refractivity contribution in [2.75, 3.05) is 13.2 Å². The number of fused-ring (bicyclic) bond motifs is 1. The van der Waals surface area contributed by atoms with Crippen LogP contribution in [0.4, 0.5) is 0 Å². The molecule has 4 aromatic rings. The highest BCUT2D eigenvalue weighted by molar-refractivity contribution is 5.86. The number of ether oxygens (including phenoxy) is 2. The van der Waals surface area contributed by atoms with Crippen LogP contribution in [0.5, 0.6) is 17.2 Å². The van der Waals surface area contributed by atoms with Crippen molar-refractivity contribution in [3.05, 3.63) is 102 Å². The first-order valence-electron chi connectivity index (χ1n) is 13.1. The molecule has 4 rings (SSSR count). The van der Waals surface area contributed by atoms with E-state index in [4.69, 9.17) is 9.47 Å². The molecule has 1 aromatic heterocycles. The Labute approximate surface area is 220 Å². The first-order chi connectivity index (χ1) is 18.0. The van der Waals surface area contributed by atoms with Crippen molar-refractivity contribution < 1.29 is 14.6 Å². The molecule has 0 amide bonds. The monoisotopic (exact) mass is 498 g/mol. The van der Waals surface area contributed by atoms with Crippen molar-refractivity contribution in [1.82, 2.24) is 10.3 Å². The van der Waals surface area contributed by atoms with Crippen LogP contribution >= 0.6 is 0 Å². The number of aromatic amines is 1. The third-order valence-electron chi connectivity index (χ3n) is 7.32. The summed E-state index contributed by atoms with van der Waals surface area (Å²) in [5.41, 5.74) is 4.21. The van der Waals surface area contributed by atoms with Gasteiger partial charge in [0.25, 0.3) is 0 Å². The molecular weight excluding hydrogens is 460 g/mol. The Morgan fingerprint density at radius 2 is 1.73 bits per heavy atom. The van der Waals surface area contributed by atoms with Crippen molar-refractivity contribution in [3.8, 4) is 17.2 Å². The van der Waals surface area contributed by atoms with E-state index in [0.29, 0.717) is 6.61 Å². The highest BCUT2D eigenvalue weighted by Crippen LogP contribution is 2.36. The van der Waals surface area contributed by atoms with E-state index in [2.05, 4.69) is 49.8 Å². The van der Waals surface area contributed by atoms with Gasteiger partial charge in [-0.25, -0.2) is 0 Å². The van der Waals surface area contributed by atoms with Gasteiger partial charge < -0.3 is 24.9 Å². The summed E-state index contributed by atoms with van der Waals surface area (Å²) >= 11 is 0. The van der Waals surface area contributed by atoms with Crippen molar-refractivity contribution in [2.24, 2.45) is 5.41 Å². The molecule has 3 aromatic carbocycles. The molecule has 5 nitrogen and oxygen atoms in total. The van der Waals surface area contributed by atoms with Gasteiger partial charge in [0.2, 0.25) is 0 Å². The molecule has 1 heterocycles. The molecule has 0 aliphatic carbocycles. The van der Waals surface area contributed by atoms with Crippen molar-refractivity contribution in [1.29, 1.82) is 0 Å². The molecule has 194 valence electrons. The first-order valence-corrected chi connectivity index (χ1v) is 13.1. The summed E-state index contributed by atoms with van der Waals surface area (Å²) in [6.07, 6.45) is 4.22. The highest BCUT2D eigenvalue weighted by atomic mass is 16.5. The topological polar surface area (TPSA) is 66.5 Å². The van der Waals surface area contributed by atoms with Crippen LogP contribution in [0.15, 0.2) is 85.6 Å². The van der Waals surface area contributed by atoms with Crippen LogP contribution < -0.4 is 14.8 Å². The summed E-state index contributed by atoms with van der Waals surface area (Å²) in [6.45, 7) is 11.9. The number of phenolic OH excluding ortho intramolecular Hbond substituents is 1. The van der Waals surface area contributed by atoms with Crippen LogP contribution in [0.25, 0.3) is 10.9 Å². The summed E-state index contributed by atoms with van der Waals surface area (Å²) in [7, 11) is 0. The molecule has 1 atom stereocenters. The minimum Gasteiger partial charge on any atom is -0.508 e. The lowest BCUT2D eigenvalue weighted by Gasteiger charge is -2.26. The lowest BCUT2D eigenvalue weighted by Crippen LogP contribution is -2.23. The van der Waals surface area contributed by atoms with E-state index in [0.717, 1.165) is 65.0 Å². The second kappa shape index (κ2) is 11.9. The Morgan fingerprint density at radius 3 is 2.41 bits per heavy atom. The van der Waals surface area contributed by atoms with E-state index in [-0.39, 0.29) is 17.3 Å². The number of aromatic hydroxyl groups is 1. The SMILES string of the molecule is C=CNCCc1c(C(Oc2ccccc2)c2ccc(OCC(C)(CC)CC)cc2)[nH]c2ccc(O)cc12. The number of rotatable bonds is 13. The van der Waals surface area contributed by atoms with Gasteiger partial charge in [-0.2, -0.15) is 0 Å². The lowest BCUT2D eigenvalue weighted by molar-refractivity contribution is 0.152. The van der Waals surface area contributed by atoms with Gasteiger partial charge in [0, 0.05) is 22.9 Å². The zero-order valence-electron chi connectivity index (χ0n) is 22.1. The minimum absolute atomic E-state index is 0.169. The number of hydrogen-bond donors (Lipinski definition) is 3. The van der Waals surface area contributed by atoms with E-state index in [1.807, 2.05) is 54.6 Å². The fraction of sp³-hybridized carbons (Fsp3) is 0.312. The minimum atomic E-state index is -0.374. The van der Waals surface area contributed by atoms with E-state index in [1.165, 1.54) is 0 Å². The number of para-hydroxylation sites is 1. The molecule has 0 spiro atoms. The lowest BCUT2D eigenvalue weighted by atomic mass is 9.86. The Bertz CT molecular complexity index is 1290. The molecule has 0 saturated heterocycles. The van der Waals surface area contributed by atoms with Gasteiger partial charge >= 0.3 is 0 Å². The van der Waals surface area contributed by atoms with Crippen LogP contribution in [-0.4, -0.2) is 23.2 Å². The third kappa shape index (κ3) is 6.29. The predicted octanol–water partition coefficient (Wildman–Crippen LogP) is 7.52. The van der Waals surface area contributed by atoms with E-state index < -0.39 is 0 Å². The number of hydrogen-bond acceptors (Lipinski definition) is 4. The number of benzene rings is 3. The Hall–Kier alpha value is -3.86. The maximum atomic E-state index is 10.2. The number of aromatic nitrogens is 1. The fourth-order valence-electron chi connectivity index (χ4n) is 4.43. The Kier molecular flexibility index (Phi) is 8.44. The molecule has 0 bridgehead atoms. The third-order valence-corrected chi connectivity index (χ3v) is 7.32. The smallest absolute Gasteiger partial charge is 0.164 e. The number of phenols is 1. The standard InChI is InChI=1S/C32H38N2O3/c1-5-32(4,6-2)22-36-25-16-13-23(14-17-25)31(37-26-11-9-8-10-12-26)30-27(19-20-33-7-3)28-21-24(35)15-18-29(28)34-30/h7-18,21,31,33-35H,3,5-6,19-20,22H2,1-2,4H3. The molecule has 1 unspecified atom stereocenters. The molecule has 0 aliphatic rings.